The van der Waals surface area contributed by atoms with Crippen molar-refractivity contribution < 1.29 is 14.6 Å². The molecule has 0 unspecified atom stereocenters. The number of amides is 1. The van der Waals surface area contributed by atoms with Gasteiger partial charge in [-0.3, -0.25) is 4.79 Å². The lowest BCUT2D eigenvalue weighted by Crippen LogP contribution is -2.54. The van der Waals surface area contributed by atoms with Crippen LogP contribution in [0.15, 0.2) is 0 Å². The smallest absolute Gasteiger partial charge is 0.246 e. The second kappa shape index (κ2) is 8.51. The standard InChI is InChI=1S/C14H28N2O3/c1-11(2)4-6-16-7-5-12(9-17)13(8-16)15-14(18)10-19-3/h11-13,17H,4-10H2,1-3H3,(H,15,18)/t12-,13-/m1/s1. The molecule has 1 amide bonds. The maximum absolute atomic E-state index is 11.6. The van der Waals surface area contributed by atoms with Crippen molar-refractivity contribution in [1.29, 1.82) is 0 Å². The first-order valence-electron chi connectivity index (χ1n) is 7.18. The van der Waals surface area contributed by atoms with Crippen LogP contribution in [0.3, 0.4) is 0 Å². The Balaban J connectivity index is 2.46. The normalized spacial score (nSPS) is 24.7. The van der Waals surface area contributed by atoms with Gasteiger partial charge in [-0.25, -0.2) is 0 Å². The summed E-state index contributed by atoms with van der Waals surface area (Å²) in [6.45, 7) is 7.56. The molecule has 19 heavy (non-hydrogen) atoms. The Kier molecular flexibility index (Phi) is 7.34. The van der Waals surface area contributed by atoms with Gasteiger partial charge in [0.1, 0.15) is 6.61 Å². The second-order valence-corrected chi connectivity index (χ2v) is 5.82. The van der Waals surface area contributed by atoms with E-state index in [0.717, 1.165) is 26.1 Å². The molecule has 0 saturated carbocycles. The number of carbonyl (C=O) groups is 1. The van der Waals surface area contributed by atoms with Crippen molar-refractivity contribution in [3.05, 3.63) is 0 Å². The molecule has 0 radical (unpaired) electrons. The molecule has 2 N–H and O–H groups in total. The third kappa shape index (κ3) is 5.89. The van der Waals surface area contributed by atoms with Gasteiger partial charge in [0.05, 0.1) is 0 Å². The maximum Gasteiger partial charge on any atom is 0.246 e. The molecule has 0 aromatic rings. The lowest BCUT2D eigenvalue weighted by atomic mass is 9.92. The zero-order chi connectivity index (χ0) is 14.3. The first-order valence-corrected chi connectivity index (χ1v) is 7.18. The molecule has 0 bridgehead atoms. The van der Waals surface area contributed by atoms with Crippen LogP contribution in [0, 0.1) is 11.8 Å². The Morgan fingerprint density at radius 2 is 2.26 bits per heavy atom. The average molecular weight is 272 g/mol. The first-order chi connectivity index (χ1) is 9.06. The van der Waals surface area contributed by atoms with Crippen molar-refractivity contribution in [3.63, 3.8) is 0 Å². The van der Waals surface area contributed by atoms with Gasteiger partial charge in [0.25, 0.3) is 0 Å². The first kappa shape index (κ1) is 16.4. The Morgan fingerprint density at radius 3 is 2.84 bits per heavy atom. The number of nitrogens with zero attached hydrogens (tertiary/aromatic N) is 1. The number of methoxy groups -OCH3 is 1. The van der Waals surface area contributed by atoms with E-state index < -0.39 is 0 Å². The third-order valence-electron chi connectivity index (χ3n) is 3.72. The monoisotopic (exact) mass is 272 g/mol. The van der Waals surface area contributed by atoms with Gasteiger partial charge in [-0.15, -0.1) is 0 Å². The van der Waals surface area contributed by atoms with Crippen molar-refractivity contribution >= 4 is 5.91 Å². The van der Waals surface area contributed by atoms with Gasteiger partial charge in [-0.2, -0.15) is 0 Å². The number of hydrogen-bond acceptors (Lipinski definition) is 4. The van der Waals surface area contributed by atoms with Crippen molar-refractivity contribution in [2.75, 3.05) is 40.0 Å². The van der Waals surface area contributed by atoms with Crippen LogP contribution in [0.1, 0.15) is 26.7 Å². The van der Waals surface area contributed by atoms with Crippen molar-refractivity contribution in [2.45, 2.75) is 32.7 Å². The molecule has 1 heterocycles. The zero-order valence-electron chi connectivity index (χ0n) is 12.4. The number of piperidine rings is 1. The van der Waals surface area contributed by atoms with Gasteiger partial charge < -0.3 is 20.1 Å². The quantitative estimate of drug-likeness (QED) is 0.707. The van der Waals surface area contributed by atoms with E-state index in [1.807, 2.05) is 0 Å². The molecule has 0 spiro atoms. The van der Waals surface area contributed by atoms with Crippen LogP contribution >= 0.6 is 0 Å². The topological polar surface area (TPSA) is 61.8 Å². The minimum Gasteiger partial charge on any atom is -0.396 e. The number of aliphatic hydroxyl groups excluding tert-OH is 1. The van der Waals surface area contributed by atoms with Crippen LogP contribution in [-0.4, -0.2) is 61.9 Å². The number of nitrogens with one attached hydrogen (secondary N) is 1. The summed E-state index contributed by atoms with van der Waals surface area (Å²) in [4.78, 5) is 14.0. The number of hydrogen-bond donors (Lipinski definition) is 2. The predicted octanol–water partition coefficient (Wildman–Crippen LogP) is 0.478. The number of rotatable bonds is 7. The van der Waals surface area contributed by atoms with E-state index in [1.54, 1.807) is 0 Å². The minimum absolute atomic E-state index is 0.0357. The lowest BCUT2D eigenvalue weighted by molar-refractivity contribution is -0.126. The summed E-state index contributed by atoms with van der Waals surface area (Å²) >= 11 is 0. The summed E-state index contributed by atoms with van der Waals surface area (Å²) in [6, 6.07) is 0.0357. The van der Waals surface area contributed by atoms with E-state index in [2.05, 4.69) is 24.1 Å². The maximum atomic E-state index is 11.6. The Labute approximate surface area is 116 Å². The fraction of sp³-hybridized carbons (Fsp3) is 0.929. The van der Waals surface area contributed by atoms with Gasteiger partial charge in [0.2, 0.25) is 5.91 Å². The van der Waals surface area contributed by atoms with Gasteiger partial charge >= 0.3 is 0 Å². The Bertz CT molecular complexity index is 271. The van der Waals surface area contributed by atoms with E-state index in [4.69, 9.17) is 4.74 Å². The van der Waals surface area contributed by atoms with Gasteiger partial charge in [0, 0.05) is 32.2 Å². The fourth-order valence-corrected chi connectivity index (χ4v) is 2.47. The minimum atomic E-state index is -0.100. The van der Waals surface area contributed by atoms with Gasteiger partial charge in [-0.05, 0) is 31.8 Å². The van der Waals surface area contributed by atoms with E-state index in [0.29, 0.717) is 5.92 Å². The highest BCUT2D eigenvalue weighted by molar-refractivity contribution is 5.77. The van der Waals surface area contributed by atoms with Crippen LogP contribution in [0.4, 0.5) is 0 Å². The van der Waals surface area contributed by atoms with E-state index >= 15 is 0 Å². The number of ether oxygens (including phenoxy) is 1. The van der Waals surface area contributed by atoms with Crippen LogP contribution < -0.4 is 5.32 Å². The summed E-state index contributed by atoms with van der Waals surface area (Å²) in [5, 5.41) is 12.4. The van der Waals surface area contributed by atoms with E-state index in [9.17, 15) is 9.90 Å². The summed E-state index contributed by atoms with van der Waals surface area (Å²) in [5.41, 5.74) is 0. The SMILES string of the molecule is COCC(=O)N[C@@H]1CN(CCC(C)C)CC[C@@H]1CO. The molecule has 0 aromatic heterocycles. The third-order valence-corrected chi connectivity index (χ3v) is 3.72. The van der Waals surface area contributed by atoms with Crippen LogP contribution in [-0.2, 0) is 9.53 Å². The average Bonchev–Trinajstić information content (AvgIpc) is 2.36. The largest absolute Gasteiger partial charge is 0.396 e. The summed E-state index contributed by atoms with van der Waals surface area (Å²) < 4.78 is 4.83. The Hall–Kier alpha value is -0.650. The Morgan fingerprint density at radius 1 is 1.53 bits per heavy atom. The second-order valence-electron chi connectivity index (χ2n) is 5.82. The van der Waals surface area contributed by atoms with Crippen molar-refractivity contribution in [2.24, 2.45) is 11.8 Å². The lowest BCUT2D eigenvalue weighted by Gasteiger charge is -2.38. The number of likely N-dealkylation sites (tertiary alicyclic amines) is 1. The molecular weight excluding hydrogens is 244 g/mol. The van der Waals surface area contributed by atoms with Gasteiger partial charge in [0.15, 0.2) is 0 Å². The van der Waals surface area contributed by atoms with Crippen LogP contribution in [0.25, 0.3) is 0 Å². The van der Waals surface area contributed by atoms with Gasteiger partial charge in [-0.1, -0.05) is 13.8 Å². The molecule has 5 heteroatoms. The fourth-order valence-electron chi connectivity index (χ4n) is 2.47. The summed E-state index contributed by atoms with van der Waals surface area (Å²) in [5.74, 6) is 0.755. The molecule has 1 saturated heterocycles. The molecule has 5 nitrogen and oxygen atoms in total. The van der Waals surface area contributed by atoms with Crippen molar-refractivity contribution in [3.8, 4) is 0 Å². The van der Waals surface area contributed by atoms with E-state index in [1.165, 1.54) is 13.5 Å². The number of carbonyl (C=O) groups excluding carboxylic acids is 1. The molecular formula is C14H28N2O3. The molecule has 1 fully saturated rings. The molecule has 2 atom stereocenters. The van der Waals surface area contributed by atoms with Crippen LogP contribution in [0.5, 0.6) is 0 Å². The molecule has 1 aliphatic heterocycles. The highest BCUT2D eigenvalue weighted by Crippen LogP contribution is 2.18. The predicted molar refractivity (Wildman–Crippen MR) is 74.9 cm³/mol. The molecule has 1 aliphatic rings. The zero-order valence-corrected chi connectivity index (χ0v) is 12.4. The highest BCUT2D eigenvalue weighted by Gasteiger charge is 2.29. The van der Waals surface area contributed by atoms with Crippen molar-refractivity contribution in [1.82, 2.24) is 10.2 Å². The molecule has 112 valence electrons. The number of aliphatic hydroxyl groups is 1. The summed E-state index contributed by atoms with van der Waals surface area (Å²) in [6.07, 6.45) is 2.11. The van der Waals surface area contributed by atoms with E-state index in [-0.39, 0.29) is 31.1 Å². The highest BCUT2D eigenvalue weighted by atomic mass is 16.5. The molecule has 0 aromatic carbocycles. The summed E-state index contributed by atoms with van der Waals surface area (Å²) in [7, 11) is 1.51. The van der Waals surface area contributed by atoms with Crippen LogP contribution in [0.2, 0.25) is 0 Å². The molecule has 1 rings (SSSR count). The molecule has 0 aliphatic carbocycles.